The lowest BCUT2D eigenvalue weighted by atomic mass is 9.77. The third-order valence-corrected chi connectivity index (χ3v) is 11.6. The maximum Gasteiger partial charge on any atom is 0.303 e. The number of carboxylic acid groups (broad SMARTS) is 1. The lowest BCUT2D eigenvalue weighted by Gasteiger charge is -2.30. The van der Waals surface area contributed by atoms with Gasteiger partial charge in [0.25, 0.3) is 20.2 Å². The van der Waals surface area contributed by atoms with Gasteiger partial charge in [0, 0.05) is 81.3 Å². The summed E-state index contributed by atoms with van der Waals surface area (Å²) in [5.41, 5.74) is 2.47. The highest BCUT2D eigenvalue weighted by Gasteiger charge is 2.46. The maximum atomic E-state index is 12.3. The van der Waals surface area contributed by atoms with Crippen molar-refractivity contribution in [3.05, 3.63) is 84.0 Å². The zero-order valence-corrected chi connectivity index (χ0v) is 35.5. The largest absolute Gasteiger partial charge is 0.501 e. The lowest BCUT2D eigenvalue weighted by Crippen LogP contribution is -2.30. The van der Waals surface area contributed by atoms with Gasteiger partial charge >= 0.3 is 5.97 Å². The van der Waals surface area contributed by atoms with Crippen molar-refractivity contribution in [2.75, 3.05) is 45.4 Å². The number of allylic oxidation sites excluding steroid dienone is 4. The first-order chi connectivity index (χ1) is 29.0. The normalized spacial score (nSPS) is 18.1. The molecule has 61 heavy (non-hydrogen) atoms. The van der Waals surface area contributed by atoms with Gasteiger partial charge in [-0.2, -0.15) is 26.3 Å². The summed E-state index contributed by atoms with van der Waals surface area (Å²) in [6.07, 6.45) is 10.5. The minimum atomic E-state index is -4.55. The Kier molecular flexibility index (Phi) is 18.3. The molecular formula is C37H49N2O20S2+. The predicted molar refractivity (Wildman–Crippen MR) is 206 cm³/mol. The van der Waals surface area contributed by atoms with Gasteiger partial charge in [0.1, 0.15) is 12.9 Å². The molecule has 0 fully saturated rings. The summed E-state index contributed by atoms with van der Waals surface area (Å²) in [4.78, 5) is 22.0. The Balaban J connectivity index is 1.62. The molecule has 0 bridgehead atoms. The van der Waals surface area contributed by atoms with Crippen molar-refractivity contribution in [1.82, 2.24) is 0 Å². The molecule has 0 saturated heterocycles. The molecule has 24 heteroatoms. The molecule has 0 aromatic heterocycles. The zero-order valence-electron chi connectivity index (χ0n) is 33.9. The van der Waals surface area contributed by atoms with Crippen LogP contribution in [0.4, 0.5) is 11.4 Å². The molecule has 0 amide bonds. The van der Waals surface area contributed by atoms with E-state index in [1.807, 2.05) is 43.6 Å². The minimum Gasteiger partial charge on any atom is -0.501 e. The third kappa shape index (κ3) is 13.3. The van der Waals surface area contributed by atoms with Crippen LogP contribution in [-0.2, 0) is 95.4 Å². The second-order valence-corrected chi connectivity index (χ2v) is 17.0. The number of rotatable bonds is 28. The maximum absolute atomic E-state index is 12.3. The minimum absolute atomic E-state index is 0.0296. The molecule has 338 valence electrons. The standard InChI is InChI=1S/C37H48N2O20S2/c1-36(2)29-25-27(60(42,43)44)14-16-31(29)39(20-22-50-52-54-56-58-59-57-55-53-51-24-23-49-5)33(36)11-9-12-34-37(3,18-10-21-48-4)30-26-28(61(45,46)47)15-17-32(30)38(34)19-8-6-7-13-35(40)41/h9,11-12,14-17,23-26H,6-8,10,13,18-22H2,1-5H3,(H2-,40,41,42,43,44,45,46,47)/p+1/b24-23-. The van der Waals surface area contributed by atoms with Crippen molar-refractivity contribution in [3.8, 4) is 0 Å². The number of unbranched alkanes of at least 4 members (excludes halogenated alkanes) is 2. The first-order valence-corrected chi connectivity index (χ1v) is 21.4. The first kappa shape index (κ1) is 49.3. The van der Waals surface area contributed by atoms with Crippen LogP contribution in [0.25, 0.3) is 0 Å². The van der Waals surface area contributed by atoms with Crippen molar-refractivity contribution >= 4 is 43.3 Å². The van der Waals surface area contributed by atoms with E-state index in [0.29, 0.717) is 67.8 Å². The number of benzene rings is 2. The fourth-order valence-electron chi connectivity index (χ4n) is 7.14. The van der Waals surface area contributed by atoms with E-state index in [4.69, 9.17) is 14.7 Å². The zero-order chi connectivity index (χ0) is 44.7. The summed E-state index contributed by atoms with van der Waals surface area (Å²) in [5, 5.41) is 41.6. The van der Waals surface area contributed by atoms with E-state index in [9.17, 15) is 30.7 Å². The molecule has 2 aliphatic rings. The molecule has 0 aliphatic carbocycles. The SMILES string of the molecule is CO/C=C\OOOOOOOOOOCC[N+]1=C(C=CC=C2N(CCCCCC(=O)O)c3ccc(S(=O)(=O)O)cc3C2(C)CCCOC)C(C)(C)c2cc(S(=O)(=O)O)ccc21. The van der Waals surface area contributed by atoms with Crippen molar-refractivity contribution < 1.29 is 100.0 Å². The fourth-order valence-corrected chi connectivity index (χ4v) is 8.16. The third-order valence-electron chi connectivity index (χ3n) is 9.90. The Morgan fingerprint density at radius 1 is 0.787 bits per heavy atom. The summed E-state index contributed by atoms with van der Waals surface area (Å²) in [7, 11) is -6.14. The number of anilines is 1. The molecule has 3 N–H and O–H groups in total. The van der Waals surface area contributed by atoms with Crippen LogP contribution in [0.2, 0.25) is 0 Å². The van der Waals surface area contributed by atoms with Crippen molar-refractivity contribution in [1.29, 1.82) is 0 Å². The van der Waals surface area contributed by atoms with Gasteiger partial charge in [-0.3, -0.25) is 13.9 Å². The summed E-state index contributed by atoms with van der Waals surface area (Å²) in [5.74, 6) is -0.885. The number of hydrogen-bond acceptors (Lipinski definition) is 18. The van der Waals surface area contributed by atoms with Gasteiger partial charge in [-0.15, -0.1) is 0 Å². The number of ether oxygens (including phenoxy) is 2. The molecular weight excluding hydrogens is 857 g/mol. The van der Waals surface area contributed by atoms with Crippen molar-refractivity contribution in [3.63, 3.8) is 0 Å². The van der Waals surface area contributed by atoms with Gasteiger partial charge < -0.3 is 24.4 Å². The van der Waals surface area contributed by atoms with Gasteiger partial charge in [0.05, 0.1) is 22.3 Å². The van der Waals surface area contributed by atoms with Gasteiger partial charge in [-0.1, -0.05) is 12.5 Å². The predicted octanol–water partition coefficient (Wildman–Crippen LogP) is 5.36. The molecule has 22 nitrogen and oxygen atoms in total. The number of aliphatic carboxylic acids is 1. The number of carboxylic acids is 1. The highest BCUT2D eigenvalue weighted by Crippen LogP contribution is 2.51. The van der Waals surface area contributed by atoms with E-state index in [1.165, 1.54) is 31.4 Å². The van der Waals surface area contributed by atoms with Gasteiger partial charge in [0.2, 0.25) is 5.69 Å². The average molecular weight is 906 g/mol. The van der Waals surface area contributed by atoms with Crippen LogP contribution < -0.4 is 4.90 Å². The molecule has 2 heterocycles. The number of carbonyl (C=O) groups is 1. The van der Waals surface area contributed by atoms with Gasteiger partial charge in [0.15, 0.2) is 18.5 Å². The molecule has 0 spiro atoms. The molecule has 2 aromatic carbocycles. The van der Waals surface area contributed by atoms with E-state index >= 15 is 0 Å². The Morgan fingerprint density at radius 2 is 1.43 bits per heavy atom. The Bertz CT molecular complexity index is 2160. The highest BCUT2D eigenvalue weighted by molar-refractivity contribution is 7.86. The van der Waals surface area contributed by atoms with E-state index in [1.54, 1.807) is 19.2 Å². The van der Waals surface area contributed by atoms with Crippen LogP contribution in [-0.4, -0.2) is 87.8 Å². The van der Waals surface area contributed by atoms with Crippen molar-refractivity contribution in [2.45, 2.75) is 79.9 Å². The second-order valence-electron chi connectivity index (χ2n) is 14.1. The topological polar surface area (TPSA) is 263 Å². The van der Waals surface area contributed by atoms with Crippen LogP contribution in [0.1, 0.15) is 70.4 Å². The average Bonchev–Trinajstić information content (AvgIpc) is 3.55. The molecule has 4 rings (SSSR count). The summed E-state index contributed by atoms with van der Waals surface area (Å²) >= 11 is 0. The lowest BCUT2D eigenvalue weighted by molar-refractivity contribution is -0.843. The number of methoxy groups -OCH3 is 2. The summed E-state index contributed by atoms with van der Waals surface area (Å²) in [6.45, 7) is 6.57. The van der Waals surface area contributed by atoms with Crippen LogP contribution in [0.5, 0.6) is 0 Å². The van der Waals surface area contributed by atoms with E-state index < -0.39 is 37.0 Å². The van der Waals surface area contributed by atoms with Gasteiger partial charge in [-0.25, -0.2) is 0 Å². The Hall–Kier alpha value is -4.38. The summed E-state index contributed by atoms with van der Waals surface area (Å²) < 4.78 is 80.5. The Labute approximate surface area is 351 Å². The van der Waals surface area contributed by atoms with Crippen LogP contribution in [0.3, 0.4) is 0 Å². The van der Waals surface area contributed by atoms with E-state index in [-0.39, 0.29) is 29.4 Å². The van der Waals surface area contributed by atoms with E-state index in [2.05, 4.69) is 54.8 Å². The van der Waals surface area contributed by atoms with Crippen LogP contribution in [0, 0.1) is 0 Å². The molecule has 2 aliphatic heterocycles. The molecule has 1 atom stereocenters. The molecule has 0 radical (unpaired) electrons. The fraction of sp³-hybridized carbons (Fsp3) is 0.459. The number of fused-ring (bicyclic) bond motifs is 2. The Morgan fingerprint density at radius 3 is 2.07 bits per heavy atom. The monoisotopic (exact) mass is 905 g/mol. The highest BCUT2D eigenvalue weighted by atomic mass is 32.2. The van der Waals surface area contributed by atoms with Crippen LogP contribution >= 0.6 is 0 Å². The van der Waals surface area contributed by atoms with E-state index in [0.717, 1.165) is 23.9 Å². The summed E-state index contributed by atoms with van der Waals surface area (Å²) in [6, 6.07) is 8.69. The van der Waals surface area contributed by atoms with Crippen LogP contribution in [0.15, 0.2) is 82.6 Å². The number of hydrogen-bond donors (Lipinski definition) is 3. The smallest absolute Gasteiger partial charge is 0.303 e. The second kappa shape index (κ2) is 22.6. The van der Waals surface area contributed by atoms with Gasteiger partial charge in [-0.05, 0) is 109 Å². The molecule has 0 saturated carbocycles. The molecule has 1 unspecified atom stereocenters. The molecule has 2 aromatic rings. The number of nitrogens with zero attached hydrogens (tertiary/aromatic N) is 2. The quantitative estimate of drug-likeness (QED) is 0.0242. The first-order valence-electron chi connectivity index (χ1n) is 18.5. The van der Waals surface area contributed by atoms with Crippen molar-refractivity contribution in [2.24, 2.45) is 0 Å².